The molecule has 2 atom stereocenters. The maximum absolute atomic E-state index is 12.9. The van der Waals surface area contributed by atoms with Crippen LogP contribution in [0.4, 0.5) is 19.1 Å². The van der Waals surface area contributed by atoms with Crippen molar-refractivity contribution in [3.8, 4) is 0 Å². The quantitative estimate of drug-likeness (QED) is 0.922. The second-order valence-corrected chi connectivity index (χ2v) is 5.74. The minimum absolute atomic E-state index is 0.296. The van der Waals surface area contributed by atoms with Gasteiger partial charge in [0, 0.05) is 18.9 Å². The lowest BCUT2D eigenvalue weighted by molar-refractivity contribution is -0.137. The van der Waals surface area contributed by atoms with Crippen LogP contribution in [0.1, 0.15) is 29.2 Å². The van der Waals surface area contributed by atoms with E-state index in [-0.39, 0.29) is 6.04 Å². The van der Waals surface area contributed by atoms with E-state index in [1.54, 1.807) is 23.4 Å². The van der Waals surface area contributed by atoms with E-state index in [1.807, 2.05) is 6.92 Å². The smallest absolute Gasteiger partial charge is 0.391 e. The molecule has 1 aliphatic rings. The van der Waals surface area contributed by atoms with Crippen LogP contribution in [-0.2, 0) is 6.18 Å². The van der Waals surface area contributed by atoms with E-state index in [2.05, 4.69) is 9.97 Å². The average Bonchev–Trinajstić information content (AvgIpc) is 2.89. The standard InChI is InChI=1S/C16H16F3N3O/c1-10-7-20-15(21-8-10)22-9-13(23)6-14(22)11-3-2-4-12(5-11)16(17,18)19/h2-5,7-8,13-14,23H,6,9H2,1H3. The second-order valence-electron chi connectivity index (χ2n) is 5.74. The van der Waals surface area contributed by atoms with E-state index in [1.165, 1.54) is 6.07 Å². The first-order valence-electron chi connectivity index (χ1n) is 7.25. The summed E-state index contributed by atoms with van der Waals surface area (Å²) < 4.78 is 38.7. The zero-order valence-corrected chi connectivity index (χ0v) is 12.5. The van der Waals surface area contributed by atoms with Crippen molar-refractivity contribution in [2.45, 2.75) is 31.7 Å². The van der Waals surface area contributed by atoms with Gasteiger partial charge in [-0.1, -0.05) is 12.1 Å². The highest BCUT2D eigenvalue weighted by Crippen LogP contribution is 2.37. The summed E-state index contributed by atoms with van der Waals surface area (Å²) in [5.41, 5.74) is 0.700. The molecule has 0 aliphatic carbocycles. The minimum atomic E-state index is -4.39. The number of β-amino-alcohol motifs (C(OH)–C–C–N with tert-alkyl or cyclic N) is 1. The van der Waals surface area contributed by atoms with Crippen molar-refractivity contribution in [3.63, 3.8) is 0 Å². The predicted octanol–water partition coefficient (Wildman–Crippen LogP) is 3.12. The van der Waals surface area contributed by atoms with Crippen LogP contribution in [0.5, 0.6) is 0 Å². The summed E-state index contributed by atoms with van der Waals surface area (Å²) in [4.78, 5) is 10.2. The second kappa shape index (κ2) is 5.81. The van der Waals surface area contributed by atoms with Gasteiger partial charge in [-0.05, 0) is 36.6 Å². The van der Waals surface area contributed by atoms with Crippen LogP contribution in [0.3, 0.4) is 0 Å². The van der Waals surface area contributed by atoms with Crippen molar-refractivity contribution in [2.75, 3.05) is 11.4 Å². The number of aromatic nitrogens is 2. The number of rotatable bonds is 2. The molecule has 1 aromatic carbocycles. The maximum Gasteiger partial charge on any atom is 0.416 e. The molecule has 3 rings (SSSR count). The highest BCUT2D eigenvalue weighted by atomic mass is 19.4. The van der Waals surface area contributed by atoms with Gasteiger partial charge in [-0.2, -0.15) is 13.2 Å². The summed E-state index contributed by atoms with van der Waals surface area (Å²) >= 11 is 0. The van der Waals surface area contributed by atoms with Crippen LogP contribution in [-0.4, -0.2) is 27.7 Å². The summed E-state index contributed by atoms with van der Waals surface area (Å²) in [6.07, 6.45) is -1.37. The lowest BCUT2D eigenvalue weighted by atomic mass is 10.0. The summed E-state index contributed by atoms with van der Waals surface area (Å²) in [5, 5.41) is 9.96. The van der Waals surface area contributed by atoms with Crippen molar-refractivity contribution >= 4 is 5.95 Å². The Morgan fingerprint density at radius 3 is 2.57 bits per heavy atom. The first-order chi connectivity index (χ1) is 10.8. The van der Waals surface area contributed by atoms with Gasteiger partial charge in [0.2, 0.25) is 5.95 Å². The molecule has 1 fully saturated rings. The van der Waals surface area contributed by atoms with Crippen molar-refractivity contribution in [3.05, 3.63) is 53.3 Å². The topological polar surface area (TPSA) is 49.2 Å². The van der Waals surface area contributed by atoms with Gasteiger partial charge in [0.15, 0.2) is 0 Å². The fourth-order valence-corrected chi connectivity index (χ4v) is 2.81. The number of aryl methyl sites for hydroxylation is 1. The average molecular weight is 323 g/mol. The van der Waals surface area contributed by atoms with E-state index < -0.39 is 17.8 Å². The summed E-state index contributed by atoms with van der Waals surface area (Å²) in [6.45, 7) is 2.15. The Labute approximate surface area is 131 Å². The zero-order chi connectivity index (χ0) is 16.6. The molecule has 4 nitrogen and oxygen atoms in total. The fourth-order valence-electron chi connectivity index (χ4n) is 2.81. The van der Waals surface area contributed by atoms with Crippen LogP contribution in [0, 0.1) is 6.92 Å². The van der Waals surface area contributed by atoms with Crippen LogP contribution in [0.2, 0.25) is 0 Å². The highest BCUT2D eigenvalue weighted by molar-refractivity contribution is 5.40. The van der Waals surface area contributed by atoms with Crippen molar-refractivity contribution < 1.29 is 18.3 Å². The third-order valence-corrected chi connectivity index (χ3v) is 3.90. The van der Waals surface area contributed by atoms with E-state index in [0.29, 0.717) is 24.5 Å². The number of halogens is 3. The number of hydrogen-bond donors (Lipinski definition) is 1. The molecule has 7 heteroatoms. The molecule has 0 amide bonds. The monoisotopic (exact) mass is 323 g/mol. The highest BCUT2D eigenvalue weighted by Gasteiger charge is 2.36. The maximum atomic E-state index is 12.9. The molecule has 2 aromatic rings. The number of alkyl halides is 3. The van der Waals surface area contributed by atoms with E-state index in [4.69, 9.17) is 0 Å². The Balaban J connectivity index is 1.95. The van der Waals surface area contributed by atoms with Crippen molar-refractivity contribution in [1.29, 1.82) is 0 Å². The van der Waals surface area contributed by atoms with E-state index in [9.17, 15) is 18.3 Å². The van der Waals surface area contributed by atoms with Gasteiger partial charge in [0.25, 0.3) is 0 Å². The fraction of sp³-hybridized carbons (Fsp3) is 0.375. The third-order valence-electron chi connectivity index (χ3n) is 3.90. The Hall–Kier alpha value is -2.15. The van der Waals surface area contributed by atoms with Crippen molar-refractivity contribution in [1.82, 2.24) is 9.97 Å². The summed E-state index contributed by atoms with van der Waals surface area (Å²) in [7, 11) is 0. The third kappa shape index (κ3) is 3.29. The van der Waals surface area contributed by atoms with E-state index >= 15 is 0 Å². The van der Waals surface area contributed by atoms with Gasteiger partial charge in [0.05, 0.1) is 17.7 Å². The molecule has 122 valence electrons. The number of aliphatic hydroxyl groups excluding tert-OH is 1. The molecule has 2 unspecified atom stereocenters. The van der Waals surface area contributed by atoms with Crippen LogP contribution in [0.25, 0.3) is 0 Å². The summed E-state index contributed by atoms with van der Waals surface area (Å²) in [6, 6.07) is 4.82. The Morgan fingerprint density at radius 2 is 1.91 bits per heavy atom. The van der Waals surface area contributed by atoms with Gasteiger partial charge in [-0.25, -0.2) is 9.97 Å². The molecule has 1 N–H and O–H groups in total. The van der Waals surface area contributed by atoms with Crippen LogP contribution >= 0.6 is 0 Å². The molecule has 0 bridgehead atoms. The largest absolute Gasteiger partial charge is 0.416 e. The zero-order valence-electron chi connectivity index (χ0n) is 12.5. The van der Waals surface area contributed by atoms with Crippen LogP contribution < -0.4 is 4.90 Å². The Morgan fingerprint density at radius 1 is 1.22 bits per heavy atom. The molecule has 23 heavy (non-hydrogen) atoms. The predicted molar refractivity (Wildman–Crippen MR) is 78.9 cm³/mol. The molecular formula is C16H16F3N3O. The Kier molecular flexibility index (Phi) is 3.97. The molecule has 1 saturated heterocycles. The molecule has 0 radical (unpaired) electrons. The van der Waals surface area contributed by atoms with Crippen molar-refractivity contribution in [2.24, 2.45) is 0 Å². The van der Waals surface area contributed by atoms with Gasteiger partial charge in [-0.15, -0.1) is 0 Å². The van der Waals surface area contributed by atoms with Crippen LogP contribution in [0.15, 0.2) is 36.7 Å². The lowest BCUT2D eigenvalue weighted by Crippen LogP contribution is -2.26. The molecule has 1 aliphatic heterocycles. The molecule has 2 heterocycles. The number of aliphatic hydroxyl groups is 1. The van der Waals surface area contributed by atoms with Gasteiger partial charge >= 0.3 is 6.18 Å². The normalized spacial score (nSPS) is 21.7. The van der Waals surface area contributed by atoms with E-state index in [0.717, 1.165) is 17.7 Å². The number of anilines is 1. The van der Waals surface area contributed by atoms with Gasteiger partial charge in [-0.3, -0.25) is 0 Å². The van der Waals surface area contributed by atoms with Gasteiger partial charge in [0.1, 0.15) is 0 Å². The molecular weight excluding hydrogens is 307 g/mol. The molecule has 1 aromatic heterocycles. The number of benzene rings is 1. The SMILES string of the molecule is Cc1cnc(N2CC(O)CC2c2cccc(C(F)(F)F)c2)nc1. The lowest BCUT2D eigenvalue weighted by Gasteiger charge is -2.25. The number of hydrogen-bond acceptors (Lipinski definition) is 4. The number of nitrogens with zero attached hydrogens (tertiary/aromatic N) is 3. The minimum Gasteiger partial charge on any atom is -0.391 e. The molecule has 0 saturated carbocycles. The first-order valence-corrected chi connectivity index (χ1v) is 7.25. The Bertz CT molecular complexity index is 688. The first kappa shape index (κ1) is 15.7. The summed E-state index contributed by atoms with van der Waals surface area (Å²) in [5.74, 6) is 0.412. The molecule has 0 spiro atoms. The van der Waals surface area contributed by atoms with Gasteiger partial charge < -0.3 is 10.0 Å².